The van der Waals surface area contributed by atoms with Gasteiger partial charge in [0.15, 0.2) is 0 Å². The minimum absolute atomic E-state index is 0.110. The van der Waals surface area contributed by atoms with Gasteiger partial charge in [-0.15, -0.1) is 6.58 Å². The third-order valence-corrected chi connectivity index (χ3v) is 4.59. The van der Waals surface area contributed by atoms with Crippen molar-refractivity contribution in [2.24, 2.45) is 0 Å². The van der Waals surface area contributed by atoms with E-state index in [1.807, 2.05) is 18.2 Å². The number of amides is 2. The van der Waals surface area contributed by atoms with Crippen molar-refractivity contribution in [2.75, 3.05) is 0 Å². The van der Waals surface area contributed by atoms with Crippen LogP contribution in [0.15, 0.2) is 43.0 Å². The molecular formula is C21H24N2O4. The second-order valence-corrected chi connectivity index (χ2v) is 6.60. The first-order chi connectivity index (χ1) is 13.0. The van der Waals surface area contributed by atoms with Crippen LogP contribution in [0.5, 0.6) is 0 Å². The SMILES string of the molecule is C=CC[C@H](NC(=O)C1(NC(=O)C#Cc2ccccc2)CCCCC1)C(=O)O. The largest absolute Gasteiger partial charge is 0.480 e. The first-order valence-electron chi connectivity index (χ1n) is 9.01. The second kappa shape index (κ2) is 9.58. The maximum Gasteiger partial charge on any atom is 0.326 e. The molecule has 0 radical (unpaired) electrons. The van der Waals surface area contributed by atoms with Gasteiger partial charge in [-0.05, 0) is 31.4 Å². The summed E-state index contributed by atoms with van der Waals surface area (Å²) in [6, 6.07) is 8.01. The molecule has 0 aromatic heterocycles. The number of aliphatic carboxylic acids is 1. The molecule has 1 saturated carbocycles. The van der Waals surface area contributed by atoms with E-state index in [-0.39, 0.29) is 6.42 Å². The molecule has 0 spiro atoms. The lowest BCUT2D eigenvalue weighted by Crippen LogP contribution is -2.61. The highest BCUT2D eigenvalue weighted by Crippen LogP contribution is 2.28. The topological polar surface area (TPSA) is 95.5 Å². The number of carboxylic acid groups (broad SMARTS) is 1. The van der Waals surface area contributed by atoms with Crippen molar-refractivity contribution in [3.05, 3.63) is 48.6 Å². The molecule has 3 N–H and O–H groups in total. The summed E-state index contributed by atoms with van der Waals surface area (Å²) in [6.07, 6.45) is 4.99. The van der Waals surface area contributed by atoms with Crippen molar-refractivity contribution in [1.82, 2.24) is 10.6 Å². The Balaban J connectivity index is 2.14. The number of carboxylic acids is 1. The van der Waals surface area contributed by atoms with Crippen LogP contribution in [0.3, 0.4) is 0 Å². The Hall–Kier alpha value is -3.07. The van der Waals surface area contributed by atoms with Crippen molar-refractivity contribution in [3.8, 4) is 11.8 Å². The van der Waals surface area contributed by atoms with Gasteiger partial charge in [-0.2, -0.15) is 0 Å². The van der Waals surface area contributed by atoms with Gasteiger partial charge in [0.25, 0.3) is 5.91 Å². The van der Waals surface area contributed by atoms with Crippen LogP contribution < -0.4 is 10.6 Å². The van der Waals surface area contributed by atoms with Crippen molar-refractivity contribution < 1.29 is 19.5 Å². The number of hydrogen-bond acceptors (Lipinski definition) is 3. The highest BCUT2D eigenvalue weighted by molar-refractivity contribution is 6.00. The number of rotatable bonds is 6. The summed E-state index contributed by atoms with van der Waals surface area (Å²) >= 11 is 0. The molecule has 2 rings (SSSR count). The van der Waals surface area contributed by atoms with Crippen LogP contribution in [0.2, 0.25) is 0 Å². The molecule has 0 unspecified atom stereocenters. The van der Waals surface area contributed by atoms with Crippen molar-refractivity contribution in [1.29, 1.82) is 0 Å². The monoisotopic (exact) mass is 368 g/mol. The van der Waals surface area contributed by atoms with Gasteiger partial charge in [0.1, 0.15) is 11.6 Å². The summed E-state index contributed by atoms with van der Waals surface area (Å²) in [7, 11) is 0. The van der Waals surface area contributed by atoms with Crippen molar-refractivity contribution in [2.45, 2.75) is 50.1 Å². The van der Waals surface area contributed by atoms with Crippen LogP contribution >= 0.6 is 0 Å². The molecule has 0 aliphatic heterocycles. The quantitative estimate of drug-likeness (QED) is 0.529. The molecule has 1 aliphatic carbocycles. The molecule has 1 aromatic rings. The summed E-state index contributed by atoms with van der Waals surface area (Å²) in [5.74, 6) is 3.12. The van der Waals surface area contributed by atoms with Crippen LogP contribution in [-0.4, -0.2) is 34.5 Å². The molecule has 2 amide bonds. The summed E-state index contributed by atoms with van der Waals surface area (Å²) in [4.78, 5) is 36.5. The Bertz CT molecular complexity index is 755. The van der Waals surface area contributed by atoms with E-state index in [0.29, 0.717) is 18.4 Å². The molecule has 6 heteroatoms. The summed E-state index contributed by atoms with van der Waals surface area (Å²) < 4.78 is 0. The fourth-order valence-corrected chi connectivity index (χ4v) is 3.15. The first-order valence-corrected chi connectivity index (χ1v) is 9.01. The highest BCUT2D eigenvalue weighted by atomic mass is 16.4. The van der Waals surface area contributed by atoms with Crippen molar-refractivity contribution >= 4 is 17.8 Å². The minimum atomic E-state index is -1.13. The number of carbonyl (C=O) groups is 3. The fraction of sp³-hybridized carbons (Fsp3) is 0.381. The molecule has 27 heavy (non-hydrogen) atoms. The second-order valence-electron chi connectivity index (χ2n) is 6.60. The lowest BCUT2D eigenvalue weighted by molar-refractivity contribution is -0.143. The molecule has 0 saturated heterocycles. The Morgan fingerprint density at radius 2 is 1.85 bits per heavy atom. The predicted octanol–water partition coefficient (Wildman–Crippen LogP) is 2.00. The fourth-order valence-electron chi connectivity index (χ4n) is 3.15. The van der Waals surface area contributed by atoms with Gasteiger partial charge in [-0.25, -0.2) is 4.79 Å². The third-order valence-electron chi connectivity index (χ3n) is 4.59. The van der Waals surface area contributed by atoms with Gasteiger partial charge < -0.3 is 15.7 Å². The summed E-state index contributed by atoms with van der Waals surface area (Å²) in [6.45, 7) is 3.52. The molecule has 0 bridgehead atoms. The van der Waals surface area contributed by atoms with Crippen molar-refractivity contribution in [3.63, 3.8) is 0 Å². The van der Waals surface area contributed by atoms with E-state index in [9.17, 15) is 19.5 Å². The Morgan fingerprint density at radius 3 is 2.44 bits per heavy atom. The molecule has 0 heterocycles. The first kappa shape index (κ1) is 20.2. The van der Waals surface area contributed by atoms with Gasteiger partial charge >= 0.3 is 5.97 Å². The smallest absolute Gasteiger partial charge is 0.326 e. The Labute approximate surface area is 159 Å². The predicted molar refractivity (Wildman–Crippen MR) is 102 cm³/mol. The van der Waals surface area contributed by atoms with Gasteiger partial charge in [0.05, 0.1) is 0 Å². The molecule has 1 aromatic carbocycles. The van der Waals surface area contributed by atoms with Gasteiger partial charge in [-0.1, -0.05) is 49.5 Å². The number of hydrogen-bond donors (Lipinski definition) is 3. The zero-order chi connectivity index (χ0) is 19.7. The Kier molecular flexibility index (Phi) is 7.18. The van der Waals surface area contributed by atoms with E-state index in [4.69, 9.17) is 0 Å². The molecular weight excluding hydrogens is 344 g/mol. The third kappa shape index (κ3) is 5.71. The van der Waals surface area contributed by atoms with E-state index in [2.05, 4.69) is 29.1 Å². The van der Waals surface area contributed by atoms with E-state index in [0.717, 1.165) is 19.3 Å². The zero-order valence-corrected chi connectivity index (χ0v) is 15.2. The number of benzene rings is 1. The maximum atomic E-state index is 12.8. The molecule has 142 valence electrons. The van der Waals surface area contributed by atoms with Crippen LogP contribution in [0.25, 0.3) is 0 Å². The number of nitrogens with one attached hydrogen (secondary N) is 2. The van der Waals surface area contributed by atoms with Crippen LogP contribution in [-0.2, 0) is 14.4 Å². The van der Waals surface area contributed by atoms with E-state index < -0.39 is 29.4 Å². The lowest BCUT2D eigenvalue weighted by atomic mass is 9.80. The highest BCUT2D eigenvalue weighted by Gasteiger charge is 2.41. The normalized spacial score (nSPS) is 16.1. The van der Waals surface area contributed by atoms with Gasteiger partial charge in [0.2, 0.25) is 5.91 Å². The average Bonchev–Trinajstić information content (AvgIpc) is 2.67. The van der Waals surface area contributed by atoms with E-state index in [1.165, 1.54) is 6.08 Å². The lowest BCUT2D eigenvalue weighted by Gasteiger charge is -2.36. The summed E-state index contributed by atoms with van der Waals surface area (Å²) in [5.41, 5.74) is -0.429. The maximum absolute atomic E-state index is 12.8. The Morgan fingerprint density at radius 1 is 1.19 bits per heavy atom. The van der Waals surface area contributed by atoms with Crippen LogP contribution in [0.4, 0.5) is 0 Å². The van der Waals surface area contributed by atoms with Gasteiger partial charge in [0, 0.05) is 11.5 Å². The van der Waals surface area contributed by atoms with Crippen LogP contribution in [0, 0.1) is 11.8 Å². The minimum Gasteiger partial charge on any atom is -0.480 e. The number of carbonyl (C=O) groups excluding carboxylic acids is 2. The molecule has 1 atom stereocenters. The molecule has 1 aliphatic rings. The molecule has 6 nitrogen and oxygen atoms in total. The van der Waals surface area contributed by atoms with E-state index in [1.54, 1.807) is 12.1 Å². The average molecular weight is 368 g/mol. The van der Waals surface area contributed by atoms with E-state index >= 15 is 0 Å². The molecule has 1 fully saturated rings. The van der Waals surface area contributed by atoms with Crippen LogP contribution in [0.1, 0.15) is 44.1 Å². The standard InChI is InChI=1S/C21H24N2O4/c1-2-9-17(19(25)26)22-20(27)21(14-7-4-8-15-21)23-18(24)13-12-16-10-5-3-6-11-16/h2-3,5-6,10-11,17H,1,4,7-9,14-15H2,(H,22,27)(H,23,24)(H,25,26)/t17-/m0/s1. The van der Waals surface area contributed by atoms with Gasteiger partial charge in [-0.3, -0.25) is 9.59 Å². The zero-order valence-electron chi connectivity index (χ0n) is 15.2. The summed E-state index contributed by atoms with van der Waals surface area (Å²) in [5, 5.41) is 14.5.